The average Bonchev–Trinajstić information content (AvgIpc) is 2.89. The van der Waals surface area contributed by atoms with Crippen molar-refractivity contribution in [2.45, 2.75) is 195 Å². The van der Waals surface area contributed by atoms with E-state index >= 15 is 0 Å². The lowest BCUT2D eigenvalue weighted by molar-refractivity contribution is 0.129. The molecule has 0 saturated heterocycles. The molecule has 2 nitrogen and oxygen atoms in total. The van der Waals surface area contributed by atoms with Crippen molar-refractivity contribution in [2.24, 2.45) is 0 Å². The zero-order chi connectivity index (χ0) is 26.6. The predicted molar refractivity (Wildman–Crippen MR) is 164 cm³/mol. The van der Waals surface area contributed by atoms with E-state index in [2.05, 4.69) is 27.7 Å². The Hall–Kier alpha value is -0.0800. The SMILES string of the molecule is CCCCCCCCCCCCCCCCCC.CCCOCCCCCCCCCCOCCC. The largest absolute Gasteiger partial charge is 0.381 e. The van der Waals surface area contributed by atoms with Crippen molar-refractivity contribution in [1.29, 1.82) is 0 Å². The summed E-state index contributed by atoms with van der Waals surface area (Å²) in [5.41, 5.74) is 0. The van der Waals surface area contributed by atoms with Crippen LogP contribution in [0.3, 0.4) is 0 Å². The van der Waals surface area contributed by atoms with Crippen molar-refractivity contribution in [1.82, 2.24) is 0 Å². The highest BCUT2D eigenvalue weighted by atomic mass is 16.5. The smallest absolute Gasteiger partial charge is 0.0466 e. The highest BCUT2D eigenvalue weighted by molar-refractivity contribution is 4.50. The molecule has 0 aliphatic rings. The van der Waals surface area contributed by atoms with Crippen molar-refractivity contribution >= 4 is 0 Å². The summed E-state index contributed by atoms with van der Waals surface area (Å²) < 4.78 is 10.9. The maximum absolute atomic E-state index is 5.46. The minimum absolute atomic E-state index is 0.931. The van der Waals surface area contributed by atoms with Crippen LogP contribution in [0.25, 0.3) is 0 Å². The monoisotopic (exact) mass is 513 g/mol. The Morgan fingerprint density at radius 2 is 0.444 bits per heavy atom. The summed E-state index contributed by atoms with van der Waals surface area (Å²) in [6.07, 6.45) is 36.4. The molecular weight excluding hydrogens is 440 g/mol. The predicted octanol–water partition coefficient (Wildman–Crippen LogP) is 12.2. The summed E-state index contributed by atoms with van der Waals surface area (Å²) in [5, 5.41) is 0. The molecule has 0 spiro atoms. The Labute approximate surface area is 230 Å². The van der Waals surface area contributed by atoms with Gasteiger partial charge in [0.1, 0.15) is 0 Å². The Morgan fingerprint density at radius 1 is 0.222 bits per heavy atom. The van der Waals surface area contributed by atoms with E-state index in [1.54, 1.807) is 0 Å². The van der Waals surface area contributed by atoms with Crippen LogP contribution in [0.15, 0.2) is 0 Å². The molecule has 220 valence electrons. The average molecular weight is 513 g/mol. The molecule has 0 heterocycles. The first-order valence-electron chi connectivity index (χ1n) is 17.0. The Kier molecular flexibility index (Phi) is 41.7. The zero-order valence-corrected chi connectivity index (χ0v) is 26.0. The second kappa shape index (κ2) is 39.4. The van der Waals surface area contributed by atoms with Crippen LogP contribution in [0.5, 0.6) is 0 Å². The van der Waals surface area contributed by atoms with Gasteiger partial charge < -0.3 is 9.47 Å². The first kappa shape index (κ1) is 38.1. The number of rotatable bonds is 30. The minimum Gasteiger partial charge on any atom is -0.381 e. The molecule has 0 atom stereocenters. The number of unbranched alkanes of at least 4 members (excludes halogenated alkanes) is 22. The molecule has 0 rings (SSSR count). The number of hydrogen-bond acceptors (Lipinski definition) is 2. The lowest BCUT2D eigenvalue weighted by Gasteiger charge is -2.04. The normalized spacial score (nSPS) is 11.0. The number of hydrogen-bond donors (Lipinski definition) is 0. The highest BCUT2D eigenvalue weighted by Gasteiger charge is 1.95. The second-order valence-corrected chi connectivity index (χ2v) is 11.0. The van der Waals surface area contributed by atoms with E-state index in [9.17, 15) is 0 Å². The molecule has 36 heavy (non-hydrogen) atoms. The standard InChI is InChI=1S/C18H38.C16H34O2/c1-3-5-7-9-11-13-15-17-18-16-14-12-10-8-6-4-2;1-3-13-17-15-11-9-7-5-6-8-10-12-16-18-14-4-2/h3-18H2,1-2H3;3-16H2,1-2H3. The molecule has 0 radical (unpaired) electrons. The van der Waals surface area contributed by atoms with Crippen LogP contribution in [0.4, 0.5) is 0 Å². The summed E-state index contributed by atoms with van der Waals surface area (Å²) in [6.45, 7) is 12.7. The molecule has 0 N–H and O–H groups in total. The molecule has 0 unspecified atom stereocenters. The van der Waals surface area contributed by atoms with Gasteiger partial charge in [0.15, 0.2) is 0 Å². The second-order valence-electron chi connectivity index (χ2n) is 11.0. The van der Waals surface area contributed by atoms with E-state index in [-0.39, 0.29) is 0 Å². The first-order chi connectivity index (χ1) is 17.8. The lowest BCUT2D eigenvalue weighted by atomic mass is 10.0. The maximum atomic E-state index is 5.46. The van der Waals surface area contributed by atoms with Gasteiger partial charge in [-0.1, -0.05) is 169 Å². The Bertz CT molecular complexity index is 267. The van der Waals surface area contributed by atoms with Crippen molar-refractivity contribution in [3.8, 4) is 0 Å². The summed E-state index contributed by atoms with van der Waals surface area (Å²) in [4.78, 5) is 0. The molecule has 2 heteroatoms. The van der Waals surface area contributed by atoms with Crippen molar-refractivity contribution in [3.63, 3.8) is 0 Å². The van der Waals surface area contributed by atoms with Gasteiger partial charge >= 0.3 is 0 Å². The van der Waals surface area contributed by atoms with Crippen LogP contribution >= 0.6 is 0 Å². The molecule has 0 saturated carbocycles. The van der Waals surface area contributed by atoms with Gasteiger partial charge in [0.2, 0.25) is 0 Å². The van der Waals surface area contributed by atoms with E-state index in [1.165, 1.54) is 154 Å². The molecule has 0 aromatic rings. The summed E-state index contributed by atoms with van der Waals surface area (Å²) in [6, 6.07) is 0. The van der Waals surface area contributed by atoms with E-state index in [1.807, 2.05) is 0 Å². The van der Waals surface area contributed by atoms with Gasteiger partial charge in [-0.2, -0.15) is 0 Å². The molecule has 0 aliphatic heterocycles. The van der Waals surface area contributed by atoms with Crippen LogP contribution in [0.2, 0.25) is 0 Å². The van der Waals surface area contributed by atoms with Gasteiger partial charge in [-0.05, 0) is 25.7 Å². The van der Waals surface area contributed by atoms with Crippen LogP contribution in [-0.4, -0.2) is 26.4 Å². The first-order valence-corrected chi connectivity index (χ1v) is 17.0. The number of ether oxygens (including phenoxy) is 2. The molecule has 0 amide bonds. The third kappa shape index (κ3) is 41.1. The van der Waals surface area contributed by atoms with Gasteiger partial charge in [-0.25, -0.2) is 0 Å². The third-order valence-corrected chi connectivity index (χ3v) is 6.98. The van der Waals surface area contributed by atoms with Gasteiger partial charge in [0, 0.05) is 26.4 Å². The topological polar surface area (TPSA) is 18.5 Å². The van der Waals surface area contributed by atoms with E-state index in [0.29, 0.717) is 0 Å². The lowest BCUT2D eigenvalue weighted by Crippen LogP contribution is -1.96. The Balaban J connectivity index is 0. The van der Waals surface area contributed by atoms with Crippen molar-refractivity contribution in [3.05, 3.63) is 0 Å². The highest BCUT2D eigenvalue weighted by Crippen LogP contribution is 2.13. The van der Waals surface area contributed by atoms with Crippen LogP contribution in [0.1, 0.15) is 195 Å². The molecule has 0 aromatic carbocycles. The van der Waals surface area contributed by atoms with Crippen molar-refractivity contribution < 1.29 is 9.47 Å². The maximum Gasteiger partial charge on any atom is 0.0466 e. The van der Waals surface area contributed by atoms with E-state index < -0.39 is 0 Å². The molecule has 0 fully saturated rings. The van der Waals surface area contributed by atoms with Gasteiger partial charge in [-0.3, -0.25) is 0 Å². The quantitative estimate of drug-likeness (QED) is 0.0891. The Morgan fingerprint density at radius 3 is 0.667 bits per heavy atom. The fourth-order valence-electron chi connectivity index (χ4n) is 4.58. The van der Waals surface area contributed by atoms with Gasteiger partial charge in [-0.15, -0.1) is 0 Å². The summed E-state index contributed by atoms with van der Waals surface area (Å²) in [5.74, 6) is 0. The minimum atomic E-state index is 0.931. The van der Waals surface area contributed by atoms with E-state index in [4.69, 9.17) is 9.47 Å². The van der Waals surface area contributed by atoms with Gasteiger partial charge in [0.05, 0.1) is 0 Å². The fraction of sp³-hybridized carbons (Fsp3) is 1.00. The van der Waals surface area contributed by atoms with Crippen molar-refractivity contribution in [2.75, 3.05) is 26.4 Å². The molecular formula is C34H72O2. The molecule has 0 aromatic heterocycles. The fourth-order valence-corrected chi connectivity index (χ4v) is 4.58. The van der Waals surface area contributed by atoms with Gasteiger partial charge in [0.25, 0.3) is 0 Å². The molecule has 0 aliphatic carbocycles. The summed E-state index contributed by atoms with van der Waals surface area (Å²) >= 11 is 0. The summed E-state index contributed by atoms with van der Waals surface area (Å²) in [7, 11) is 0. The molecule has 0 bridgehead atoms. The van der Waals surface area contributed by atoms with Crippen LogP contribution < -0.4 is 0 Å². The van der Waals surface area contributed by atoms with Crippen LogP contribution in [0, 0.1) is 0 Å². The van der Waals surface area contributed by atoms with Crippen LogP contribution in [-0.2, 0) is 9.47 Å². The third-order valence-electron chi connectivity index (χ3n) is 6.98. The van der Waals surface area contributed by atoms with E-state index in [0.717, 1.165) is 39.3 Å². The zero-order valence-electron chi connectivity index (χ0n) is 26.0.